The molecule has 0 spiro atoms. The molecule has 1 atom stereocenters. The Morgan fingerprint density at radius 2 is 1.88 bits per heavy atom. The first-order valence-electron chi connectivity index (χ1n) is 6.00. The third kappa shape index (κ3) is 2.22. The molecule has 0 bridgehead atoms. The molecule has 2 N–H and O–H groups in total. The number of hydrogen-bond donors (Lipinski definition) is 1. The number of Topliss-reactive ketones (excluding diaryl/α,β-unsaturated/α-hetero) is 1. The number of benzene rings is 2. The van der Waals surface area contributed by atoms with Crippen LogP contribution in [0, 0.1) is 5.92 Å². The Labute approximate surface area is 101 Å². The highest BCUT2D eigenvalue weighted by Crippen LogP contribution is 2.22. The number of ketones is 1. The van der Waals surface area contributed by atoms with E-state index in [0.29, 0.717) is 6.54 Å². The van der Waals surface area contributed by atoms with Crippen LogP contribution in [-0.2, 0) is 0 Å². The fourth-order valence-corrected chi connectivity index (χ4v) is 2.12. The second kappa shape index (κ2) is 5.11. The number of hydrogen-bond acceptors (Lipinski definition) is 2. The Balaban J connectivity index is 2.52. The standard InChI is InChI=1S/C15H17NO/c1-2-11(10-16)15(17)14-9-5-7-12-6-3-4-8-13(12)14/h3-9,11H,2,10,16H2,1H3. The summed E-state index contributed by atoms with van der Waals surface area (Å²) >= 11 is 0. The zero-order chi connectivity index (χ0) is 12.3. The van der Waals surface area contributed by atoms with Crippen molar-refractivity contribution in [2.45, 2.75) is 13.3 Å². The molecule has 0 radical (unpaired) electrons. The van der Waals surface area contributed by atoms with Crippen molar-refractivity contribution in [2.24, 2.45) is 11.7 Å². The smallest absolute Gasteiger partial charge is 0.167 e. The van der Waals surface area contributed by atoms with Crippen LogP contribution in [0.15, 0.2) is 42.5 Å². The first-order valence-corrected chi connectivity index (χ1v) is 6.00. The predicted molar refractivity (Wildman–Crippen MR) is 71.1 cm³/mol. The molecule has 0 aliphatic heterocycles. The van der Waals surface area contributed by atoms with Gasteiger partial charge in [0.2, 0.25) is 0 Å². The fourth-order valence-electron chi connectivity index (χ4n) is 2.12. The quantitative estimate of drug-likeness (QED) is 0.816. The molecule has 2 rings (SSSR count). The maximum Gasteiger partial charge on any atom is 0.167 e. The van der Waals surface area contributed by atoms with E-state index in [1.165, 1.54) is 0 Å². The predicted octanol–water partition coefficient (Wildman–Crippen LogP) is 3.01. The van der Waals surface area contributed by atoms with E-state index in [1.54, 1.807) is 0 Å². The van der Waals surface area contributed by atoms with Crippen LogP contribution in [0.3, 0.4) is 0 Å². The molecule has 0 saturated heterocycles. The summed E-state index contributed by atoms with van der Waals surface area (Å²) in [5.41, 5.74) is 6.44. The van der Waals surface area contributed by atoms with Crippen LogP contribution < -0.4 is 5.73 Å². The van der Waals surface area contributed by atoms with E-state index < -0.39 is 0 Å². The lowest BCUT2D eigenvalue weighted by molar-refractivity contribution is 0.0923. The van der Waals surface area contributed by atoms with Crippen LogP contribution >= 0.6 is 0 Å². The third-order valence-corrected chi connectivity index (χ3v) is 3.20. The minimum atomic E-state index is -0.0687. The Morgan fingerprint density at radius 3 is 2.59 bits per heavy atom. The first-order chi connectivity index (χ1) is 8.27. The van der Waals surface area contributed by atoms with Crippen molar-refractivity contribution < 1.29 is 4.79 Å². The van der Waals surface area contributed by atoms with Crippen LogP contribution in [0.5, 0.6) is 0 Å². The van der Waals surface area contributed by atoms with Crippen LogP contribution in [-0.4, -0.2) is 12.3 Å². The zero-order valence-electron chi connectivity index (χ0n) is 10.0. The summed E-state index contributed by atoms with van der Waals surface area (Å²) in [6.07, 6.45) is 0.790. The lowest BCUT2D eigenvalue weighted by atomic mass is 9.92. The van der Waals surface area contributed by atoms with Crippen LogP contribution in [0.1, 0.15) is 23.7 Å². The summed E-state index contributed by atoms with van der Waals surface area (Å²) < 4.78 is 0. The van der Waals surface area contributed by atoms with Gasteiger partial charge in [-0.25, -0.2) is 0 Å². The molecule has 2 heteroatoms. The molecule has 88 valence electrons. The number of carbonyl (C=O) groups excluding carboxylic acids is 1. The Bertz CT molecular complexity index is 524. The number of fused-ring (bicyclic) bond motifs is 1. The van der Waals surface area contributed by atoms with Gasteiger partial charge in [-0.3, -0.25) is 4.79 Å². The Morgan fingerprint density at radius 1 is 1.18 bits per heavy atom. The summed E-state index contributed by atoms with van der Waals surface area (Å²) in [4.78, 5) is 12.3. The molecule has 0 aliphatic carbocycles. The first kappa shape index (κ1) is 11.8. The number of rotatable bonds is 4. The normalized spacial score (nSPS) is 12.6. The van der Waals surface area contributed by atoms with Crippen LogP contribution in [0.2, 0.25) is 0 Å². The fraction of sp³-hybridized carbons (Fsp3) is 0.267. The van der Waals surface area contributed by atoms with Gasteiger partial charge in [-0.15, -0.1) is 0 Å². The summed E-state index contributed by atoms with van der Waals surface area (Å²) in [6.45, 7) is 2.42. The van der Waals surface area contributed by atoms with Gasteiger partial charge in [-0.1, -0.05) is 49.4 Å². The van der Waals surface area contributed by atoms with Gasteiger partial charge >= 0.3 is 0 Å². The van der Waals surface area contributed by atoms with Crippen molar-refractivity contribution in [3.63, 3.8) is 0 Å². The third-order valence-electron chi connectivity index (χ3n) is 3.20. The summed E-state index contributed by atoms with van der Waals surface area (Å²) in [5, 5.41) is 2.12. The van der Waals surface area contributed by atoms with Gasteiger partial charge in [0.15, 0.2) is 5.78 Å². The van der Waals surface area contributed by atoms with E-state index in [9.17, 15) is 4.79 Å². The number of nitrogens with two attached hydrogens (primary N) is 1. The van der Waals surface area contributed by atoms with Crippen LogP contribution in [0.25, 0.3) is 10.8 Å². The highest BCUT2D eigenvalue weighted by molar-refractivity contribution is 6.09. The zero-order valence-corrected chi connectivity index (χ0v) is 10.0. The molecule has 0 saturated carbocycles. The average molecular weight is 227 g/mol. The van der Waals surface area contributed by atoms with E-state index in [4.69, 9.17) is 5.73 Å². The molecule has 2 aromatic rings. The maximum absolute atomic E-state index is 12.3. The lowest BCUT2D eigenvalue weighted by Crippen LogP contribution is -2.23. The second-order valence-electron chi connectivity index (χ2n) is 4.23. The molecule has 0 amide bonds. The molecule has 17 heavy (non-hydrogen) atoms. The molecule has 2 nitrogen and oxygen atoms in total. The summed E-state index contributed by atoms with van der Waals surface area (Å²) in [7, 11) is 0. The van der Waals surface area contributed by atoms with Crippen molar-refractivity contribution in [3.8, 4) is 0 Å². The van der Waals surface area contributed by atoms with Gasteiger partial charge in [-0.05, 0) is 17.2 Å². The minimum absolute atomic E-state index is 0.0687. The highest BCUT2D eigenvalue weighted by atomic mass is 16.1. The highest BCUT2D eigenvalue weighted by Gasteiger charge is 2.18. The van der Waals surface area contributed by atoms with Gasteiger partial charge in [0.05, 0.1) is 0 Å². The van der Waals surface area contributed by atoms with Gasteiger partial charge in [0.1, 0.15) is 0 Å². The van der Waals surface area contributed by atoms with Crippen molar-refractivity contribution in [1.82, 2.24) is 0 Å². The number of carbonyl (C=O) groups is 1. The van der Waals surface area contributed by atoms with E-state index in [2.05, 4.69) is 0 Å². The maximum atomic E-state index is 12.3. The second-order valence-corrected chi connectivity index (χ2v) is 4.23. The Hall–Kier alpha value is -1.67. The average Bonchev–Trinajstić information content (AvgIpc) is 2.39. The van der Waals surface area contributed by atoms with Crippen molar-refractivity contribution in [1.29, 1.82) is 0 Å². The van der Waals surface area contributed by atoms with Gasteiger partial charge < -0.3 is 5.73 Å². The molecular weight excluding hydrogens is 210 g/mol. The van der Waals surface area contributed by atoms with E-state index >= 15 is 0 Å². The topological polar surface area (TPSA) is 43.1 Å². The van der Waals surface area contributed by atoms with Gasteiger partial charge in [0.25, 0.3) is 0 Å². The molecule has 0 aromatic heterocycles. The van der Waals surface area contributed by atoms with E-state index in [0.717, 1.165) is 22.8 Å². The summed E-state index contributed by atoms with van der Waals surface area (Å²) in [5.74, 6) is 0.0904. The van der Waals surface area contributed by atoms with Crippen molar-refractivity contribution in [2.75, 3.05) is 6.54 Å². The molecule has 1 unspecified atom stereocenters. The molecule has 0 fully saturated rings. The van der Waals surface area contributed by atoms with Crippen molar-refractivity contribution in [3.05, 3.63) is 48.0 Å². The Kier molecular flexibility index (Phi) is 3.55. The molecule has 0 aliphatic rings. The summed E-state index contributed by atoms with van der Waals surface area (Å²) in [6, 6.07) is 13.8. The van der Waals surface area contributed by atoms with Crippen molar-refractivity contribution >= 4 is 16.6 Å². The van der Waals surface area contributed by atoms with Gasteiger partial charge in [-0.2, -0.15) is 0 Å². The molecular formula is C15H17NO. The minimum Gasteiger partial charge on any atom is -0.330 e. The largest absolute Gasteiger partial charge is 0.330 e. The molecule has 0 heterocycles. The molecule has 2 aromatic carbocycles. The monoisotopic (exact) mass is 227 g/mol. The van der Waals surface area contributed by atoms with E-state index in [-0.39, 0.29) is 11.7 Å². The SMILES string of the molecule is CCC(CN)C(=O)c1cccc2ccccc12. The van der Waals surface area contributed by atoms with E-state index in [1.807, 2.05) is 49.4 Å². The lowest BCUT2D eigenvalue weighted by Gasteiger charge is -2.12. The van der Waals surface area contributed by atoms with Crippen LogP contribution in [0.4, 0.5) is 0 Å². The van der Waals surface area contributed by atoms with Gasteiger partial charge in [0, 0.05) is 18.0 Å².